The molecule has 2 heterocycles. The molecule has 0 atom stereocenters. The van der Waals surface area contributed by atoms with E-state index < -0.39 is 10.0 Å². The van der Waals surface area contributed by atoms with Gasteiger partial charge in [0.05, 0.1) is 15.5 Å². The second-order valence-electron chi connectivity index (χ2n) is 8.83. The Hall–Kier alpha value is -1.97. The topological polar surface area (TPSA) is 73.0 Å². The molecule has 0 radical (unpaired) electrons. The second-order valence-corrected chi connectivity index (χ2v) is 11.2. The average molecular weight is 491 g/mol. The van der Waals surface area contributed by atoms with E-state index in [1.807, 2.05) is 12.1 Å². The van der Waals surface area contributed by atoms with Gasteiger partial charge in [0.25, 0.3) is 5.91 Å². The third-order valence-electron chi connectivity index (χ3n) is 6.33. The molecule has 2 aliphatic rings. The predicted molar refractivity (Wildman–Crippen MR) is 130 cm³/mol. The molecule has 0 aromatic heterocycles. The third kappa shape index (κ3) is 5.94. The molecule has 0 aliphatic carbocycles. The van der Waals surface area contributed by atoms with Crippen molar-refractivity contribution in [1.82, 2.24) is 19.4 Å². The van der Waals surface area contributed by atoms with Gasteiger partial charge in [-0.05, 0) is 49.2 Å². The van der Waals surface area contributed by atoms with Crippen LogP contribution >= 0.6 is 11.6 Å². The van der Waals surface area contributed by atoms with Crippen LogP contribution in [0.3, 0.4) is 0 Å². The van der Waals surface area contributed by atoms with Crippen LogP contribution in [0.15, 0.2) is 47.4 Å². The summed E-state index contributed by atoms with van der Waals surface area (Å²) in [4.78, 5) is 17.7. The molecule has 33 heavy (non-hydrogen) atoms. The summed E-state index contributed by atoms with van der Waals surface area (Å²) >= 11 is 6.25. The molecular formula is C24H31ClN4O3S. The van der Waals surface area contributed by atoms with Gasteiger partial charge in [-0.1, -0.05) is 35.9 Å². The summed E-state index contributed by atoms with van der Waals surface area (Å²) in [6.07, 6.45) is 1.71. The summed E-state index contributed by atoms with van der Waals surface area (Å²) in [6.45, 7) is 6.49. The van der Waals surface area contributed by atoms with E-state index in [0.717, 1.165) is 51.1 Å². The lowest BCUT2D eigenvalue weighted by molar-refractivity contribution is 0.0951. The van der Waals surface area contributed by atoms with E-state index >= 15 is 0 Å². The smallest absolute Gasteiger partial charge is 0.253 e. The van der Waals surface area contributed by atoms with Gasteiger partial charge >= 0.3 is 0 Å². The number of amides is 1. The highest BCUT2D eigenvalue weighted by molar-refractivity contribution is 7.89. The van der Waals surface area contributed by atoms with Crippen LogP contribution in [0.2, 0.25) is 5.02 Å². The second kappa shape index (κ2) is 10.5. The lowest BCUT2D eigenvalue weighted by Gasteiger charge is -2.32. The summed E-state index contributed by atoms with van der Waals surface area (Å²) in [5, 5.41) is 3.12. The van der Waals surface area contributed by atoms with Crippen LogP contribution in [0, 0.1) is 0 Å². The van der Waals surface area contributed by atoms with Crippen LogP contribution in [0.25, 0.3) is 0 Å². The van der Waals surface area contributed by atoms with E-state index in [-0.39, 0.29) is 21.4 Å². The third-order valence-corrected chi connectivity index (χ3v) is 8.56. The Morgan fingerprint density at radius 1 is 0.970 bits per heavy atom. The SMILES string of the molecule is CN1CCN(Cc2cccc(CNC(=O)c3cc(S(=O)(=O)N4CCCC4)ccc3Cl)c2)CC1. The number of hydrogen-bond donors (Lipinski definition) is 1. The van der Waals surface area contributed by atoms with Gasteiger partial charge in [0.2, 0.25) is 10.0 Å². The molecule has 4 rings (SSSR count). The minimum atomic E-state index is -3.61. The van der Waals surface area contributed by atoms with Gasteiger partial charge in [-0.3, -0.25) is 9.69 Å². The maximum Gasteiger partial charge on any atom is 0.253 e. The fourth-order valence-electron chi connectivity index (χ4n) is 4.30. The normalized spacial score (nSPS) is 18.5. The highest BCUT2D eigenvalue weighted by Crippen LogP contribution is 2.25. The minimum Gasteiger partial charge on any atom is -0.348 e. The van der Waals surface area contributed by atoms with Gasteiger partial charge in [-0.15, -0.1) is 0 Å². The Morgan fingerprint density at radius 2 is 1.67 bits per heavy atom. The molecule has 2 aliphatic heterocycles. The quantitative estimate of drug-likeness (QED) is 0.646. The number of sulfonamides is 1. The molecule has 9 heteroatoms. The highest BCUT2D eigenvalue weighted by atomic mass is 35.5. The summed E-state index contributed by atoms with van der Waals surface area (Å²) in [5.74, 6) is -0.386. The standard InChI is InChI=1S/C24H31ClN4O3S/c1-27-11-13-28(14-12-27)18-20-6-4-5-19(15-20)17-26-24(30)22-16-21(7-8-23(22)25)33(31,32)29-9-2-3-10-29/h4-8,15-16H,2-3,9-14,17-18H2,1H3,(H,26,30). The van der Waals surface area contributed by atoms with Gasteiger partial charge in [0.1, 0.15) is 0 Å². The van der Waals surface area contributed by atoms with E-state index in [1.54, 1.807) is 0 Å². The first-order chi connectivity index (χ1) is 15.8. The zero-order valence-corrected chi connectivity index (χ0v) is 20.5. The maximum absolute atomic E-state index is 12.9. The first kappa shape index (κ1) is 24.2. The van der Waals surface area contributed by atoms with Gasteiger partial charge in [0.15, 0.2) is 0 Å². The van der Waals surface area contributed by atoms with Crippen LogP contribution < -0.4 is 5.32 Å². The van der Waals surface area contributed by atoms with Crippen molar-refractivity contribution in [2.45, 2.75) is 30.8 Å². The van der Waals surface area contributed by atoms with Gasteiger partial charge in [0, 0.05) is 52.4 Å². The molecule has 0 unspecified atom stereocenters. The number of benzene rings is 2. The Kier molecular flexibility index (Phi) is 7.71. The van der Waals surface area contributed by atoms with Crippen molar-refractivity contribution in [2.24, 2.45) is 0 Å². The molecule has 0 saturated carbocycles. The molecule has 2 aromatic rings. The number of nitrogens with zero attached hydrogens (tertiary/aromatic N) is 3. The Labute approximate surface area is 201 Å². The molecule has 0 bridgehead atoms. The monoisotopic (exact) mass is 490 g/mol. The van der Waals surface area contributed by atoms with Crippen molar-refractivity contribution >= 4 is 27.5 Å². The maximum atomic E-state index is 12.9. The van der Waals surface area contributed by atoms with E-state index in [1.165, 1.54) is 28.1 Å². The first-order valence-electron chi connectivity index (χ1n) is 11.4. The summed E-state index contributed by atoms with van der Waals surface area (Å²) in [5.41, 5.74) is 2.38. The summed E-state index contributed by atoms with van der Waals surface area (Å²) < 4.78 is 27.2. The molecule has 178 valence electrons. The van der Waals surface area contributed by atoms with Crippen LogP contribution in [0.1, 0.15) is 34.3 Å². The molecule has 2 aromatic carbocycles. The highest BCUT2D eigenvalue weighted by Gasteiger charge is 2.28. The van der Waals surface area contributed by atoms with Crippen molar-refractivity contribution in [2.75, 3.05) is 46.3 Å². The van der Waals surface area contributed by atoms with Crippen molar-refractivity contribution in [3.63, 3.8) is 0 Å². The largest absolute Gasteiger partial charge is 0.348 e. The van der Waals surface area contributed by atoms with Gasteiger partial charge in [-0.2, -0.15) is 4.31 Å². The first-order valence-corrected chi connectivity index (χ1v) is 13.2. The van der Waals surface area contributed by atoms with E-state index in [4.69, 9.17) is 11.6 Å². The zero-order valence-electron chi connectivity index (χ0n) is 19.0. The minimum absolute atomic E-state index is 0.105. The Bertz CT molecular complexity index is 1090. The van der Waals surface area contributed by atoms with Crippen molar-refractivity contribution in [3.05, 3.63) is 64.2 Å². The molecule has 0 spiro atoms. The molecule has 1 amide bonds. The zero-order chi connectivity index (χ0) is 23.4. The van der Waals surface area contributed by atoms with Crippen molar-refractivity contribution in [1.29, 1.82) is 0 Å². The number of nitrogens with one attached hydrogen (secondary N) is 1. The van der Waals surface area contributed by atoms with Crippen LogP contribution in [0.4, 0.5) is 0 Å². The fraction of sp³-hybridized carbons (Fsp3) is 0.458. The van der Waals surface area contributed by atoms with Crippen molar-refractivity contribution in [3.8, 4) is 0 Å². The Morgan fingerprint density at radius 3 is 2.39 bits per heavy atom. The van der Waals surface area contributed by atoms with Gasteiger partial charge in [-0.25, -0.2) is 8.42 Å². The summed E-state index contributed by atoms with van der Waals surface area (Å²) in [6, 6.07) is 12.5. The number of carbonyl (C=O) groups excluding carboxylic acids is 1. The van der Waals surface area contributed by atoms with E-state index in [2.05, 4.69) is 34.3 Å². The number of hydrogen-bond acceptors (Lipinski definition) is 5. The number of likely N-dealkylation sites (N-methyl/N-ethyl adjacent to an activating group) is 1. The average Bonchev–Trinajstić information content (AvgIpc) is 3.35. The van der Waals surface area contributed by atoms with Gasteiger partial charge < -0.3 is 10.2 Å². The fourth-order valence-corrected chi connectivity index (χ4v) is 6.04. The lowest BCUT2D eigenvalue weighted by atomic mass is 10.1. The number of halogens is 1. The molecule has 2 fully saturated rings. The van der Waals surface area contributed by atoms with E-state index in [9.17, 15) is 13.2 Å². The Balaban J connectivity index is 1.41. The molecule has 7 nitrogen and oxygen atoms in total. The predicted octanol–water partition coefficient (Wildman–Crippen LogP) is 2.80. The lowest BCUT2D eigenvalue weighted by Crippen LogP contribution is -2.43. The van der Waals surface area contributed by atoms with Crippen molar-refractivity contribution < 1.29 is 13.2 Å². The summed E-state index contributed by atoms with van der Waals surface area (Å²) in [7, 11) is -1.47. The number of piperazine rings is 1. The van der Waals surface area contributed by atoms with Crippen LogP contribution in [0.5, 0.6) is 0 Å². The number of rotatable bonds is 7. The molecule has 2 saturated heterocycles. The van der Waals surface area contributed by atoms with Crippen LogP contribution in [-0.2, 0) is 23.1 Å². The number of carbonyl (C=O) groups is 1. The van der Waals surface area contributed by atoms with E-state index in [0.29, 0.717) is 19.6 Å². The molecular weight excluding hydrogens is 460 g/mol. The van der Waals surface area contributed by atoms with Crippen LogP contribution in [-0.4, -0.2) is 74.7 Å². The molecule has 1 N–H and O–H groups in total.